The molecule has 0 bridgehead atoms. The maximum atomic E-state index is 11.9. The van der Waals surface area contributed by atoms with Crippen LogP contribution in [0.3, 0.4) is 0 Å². The zero-order chi connectivity index (χ0) is 14.3. The van der Waals surface area contributed by atoms with E-state index in [0.717, 1.165) is 25.0 Å². The molecule has 0 spiro atoms. The number of rotatable bonds is 2. The van der Waals surface area contributed by atoms with Crippen molar-refractivity contribution in [2.75, 3.05) is 26.2 Å². The Morgan fingerprint density at radius 2 is 1.75 bits per heavy atom. The van der Waals surface area contributed by atoms with Gasteiger partial charge in [0.05, 0.1) is 0 Å². The van der Waals surface area contributed by atoms with Crippen LogP contribution in [-0.2, 0) is 4.74 Å². The minimum Gasteiger partial charge on any atom is -0.444 e. The molecular formula is C16H28N2O2. The van der Waals surface area contributed by atoms with E-state index in [1.807, 2.05) is 25.7 Å². The molecule has 0 N–H and O–H groups in total. The van der Waals surface area contributed by atoms with E-state index >= 15 is 0 Å². The van der Waals surface area contributed by atoms with E-state index in [-0.39, 0.29) is 11.7 Å². The number of carbonyl (C=O) groups excluding carboxylic acids is 1. The molecular weight excluding hydrogens is 252 g/mol. The summed E-state index contributed by atoms with van der Waals surface area (Å²) >= 11 is 0. The topological polar surface area (TPSA) is 32.8 Å². The fourth-order valence-corrected chi connectivity index (χ4v) is 3.48. The number of nitrogens with zero attached hydrogens (tertiary/aromatic N) is 2. The van der Waals surface area contributed by atoms with E-state index in [0.29, 0.717) is 5.92 Å². The Bertz CT molecular complexity index is 367. The number of amides is 1. The first kappa shape index (κ1) is 14.2. The van der Waals surface area contributed by atoms with Gasteiger partial charge < -0.3 is 14.5 Å². The highest BCUT2D eigenvalue weighted by Gasteiger charge is 2.41. The van der Waals surface area contributed by atoms with E-state index in [1.54, 1.807) is 0 Å². The molecule has 4 heteroatoms. The van der Waals surface area contributed by atoms with Gasteiger partial charge in [0.25, 0.3) is 0 Å². The third kappa shape index (κ3) is 3.27. The lowest BCUT2D eigenvalue weighted by Crippen LogP contribution is -2.56. The monoisotopic (exact) mass is 280 g/mol. The van der Waals surface area contributed by atoms with Gasteiger partial charge in [0.1, 0.15) is 5.60 Å². The third-order valence-corrected chi connectivity index (χ3v) is 4.78. The highest BCUT2D eigenvalue weighted by Crippen LogP contribution is 2.36. The number of hydrogen-bond donors (Lipinski definition) is 0. The summed E-state index contributed by atoms with van der Waals surface area (Å²) in [5, 5.41) is 0. The van der Waals surface area contributed by atoms with Gasteiger partial charge in [-0.15, -0.1) is 0 Å². The van der Waals surface area contributed by atoms with Crippen molar-refractivity contribution in [3.63, 3.8) is 0 Å². The van der Waals surface area contributed by atoms with Gasteiger partial charge in [-0.05, 0) is 64.8 Å². The standard InChI is InChI=1S/C16H28N2O2/c1-16(2,3)20-15(19)18-10-13(11-18)12-5-4-8-17(9-12)14-6-7-14/h12-14H,4-11H2,1-3H3. The van der Waals surface area contributed by atoms with Crippen molar-refractivity contribution in [2.24, 2.45) is 11.8 Å². The lowest BCUT2D eigenvalue weighted by Gasteiger charge is -2.46. The molecule has 0 aromatic carbocycles. The summed E-state index contributed by atoms with van der Waals surface area (Å²) in [5.74, 6) is 1.49. The van der Waals surface area contributed by atoms with Gasteiger partial charge in [0, 0.05) is 25.7 Å². The van der Waals surface area contributed by atoms with Crippen LogP contribution < -0.4 is 0 Å². The van der Waals surface area contributed by atoms with Crippen molar-refractivity contribution in [3.05, 3.63) is 0 Å². The molecule has 0 radical (unpaired) electrons. The van der Waals surface area contributed by atoms with Crippen LogP contribution in [0, 0.1) is 11.8 Å². The van der Waals surface area contributed by atoms with Gasteiger partial charge in [0.15, 0.2) is 0 Å². The summed E-state index contributed by atoms with van der Waals surface area (Å²) < 4.78 is 5.42. The molecule has 3 fully saturated rings. The van der Waals surface area contributed by atoms with Crippen LogP contribution in [0.2, 0.25) is 0 Å². The SMILES string of the molecule is CC(C)(C)OC(=O)N1CC(C2CCCN(C3CC3)C2)C1. The van der Waals surface area contributed by atoms with Gasteiger partial charge >= 0.3 is 6.09 Å². The number of carbonyl (C=O) groups is 1. The van der Waals surface area contributed by atoms with E-state index < -0.39 is 0 Å². The molecule has 1 saturated carbocycles. The van der Waals surface area contributed by atoms with Crippen molar-refractivity contribution >= 4 is 6.09 Å². The number of likely N-dealkylation sites (tertiary alicyclic amines) is 2. The summed E-state index contributed by atoms with van der Waals surface area (Å²) in [4.78, 5) is 16.5. The van der Waals surface area contributed by atoms with Crippen LogP contribution >= 0.6 is 0 Å². The van der Waals surface area contributed by atoms with E-state index in [2.05, 4.69) is 4.90 Å². The second kappa shape index (κ2) is 5.21. The molecule has 114 valence electrons. The van der Waals surface area contributed by atoms with Crippen LogP contribution in [0.1, 0.15) is 46.5 Å². The Balaban J connectivity index is 1.44. The molecule has 2 heterocycles. The molecule has 1 unspecified atom stereocenters. The highest BCUT2D eigenvalue weighted by molar-refractivity contribution is 5.69. The summed E-state index contributed by atoms with van der Waals surface area (Å²) in [7, 11) is 0. The van der Waals surface area contributed by atoms with Crippen LogP contribution in [0.5, 0.6) is 0 Å². The average Bonchev–Trinajstić information content (AvgIpc) is 3.08. The van der Waals surface area contributed by atoms with Crippen LogP contribution in [0.25, 0.3) is 0 Å². The molecule has 4 nitrogen and oxygen atoms in total. The molecule has 3 rings (SSSR count). The normalized spacial score (nSPS) is 29.1. The second-order valence-electron chi connectivity index (χ2n) is 7.77. The Morgan fingerprint density at radius 3 is 2.35 bits per heavy atom. The zero-order valence-corrected chi connectivity index (χ0v) is 13.1. The lowest BCUT2D eigenvalue weighted by atomic mass is 9.81. The quantitative estimate of drug-likeness (QED) is 0.779. The van der Waals surface area contributed by atoms with Gasteiger partial charge in [-0.3, -0.25) is 0 Å². The molecule has 0 aromatic rings. The van der Waals surface area contributed by atoms with Gasteiger partial charge in [-0.1, -0.05) is 0 Å². The van der Waals surface area contributed by atoms with Crippen molar-refractivity contribution in [1.29, 1.82) is 0 Å². The lowest BCUT2D eigenvalue weighted by molar-refractivity contribution is -0.0201. The van der Waals surface area contributed by atoms with Crippen LogP contribution in [0.4, 0.5) is 4.79 Å². The molecule has 20 heavy (non-hydrogen) atoms. The number of ether oxygens (including phenoxy) is 1. The summed E-state index contributed by atoms with van der Waals surface area (Å²) in [5.41, 5.74) is -0.379. The third-order valence-electron chi connectivity index (χ3n) is 4.78. The predicted octanol–water partition coefficient (Wildman–Crippen LogP) is 2.73. The van der Waals surface area contributed by atoms with Crippen molar-refractivity contribution in [1.82, 2.24) is 9.80 Å². The molecule has 3 aliphatic rings. The Kier molecular flexibility index (Phi) is 3.69. The van der Waals surface area contributed by atoms with Crippen molar-refractivity contribution < 1.29 is 9.53 Å². The van der Waals surface area contributed by atoms with E-state index in [1.165, 1.54) is 38.8 Å². The largest absolute Gasteiger partial charge is 0.444 e. The molecule has 1 amide bonds. The van der Waals surface area contributed by atoms with Gasteiger partial charge in [-0.2, -0.15) is 0 Å². The molecule has 1 aliphatic carbocycles. The van der Waals surface area contributed by atoms with Crippen molar-refractivity contribution in [3.8, 4) is 0 Å². The minimum absolute atomic E-state index is 0.136. The molecule has 1 atom stereocenters. The maximum Gasteiger partial charge on any atom is 0.410 e. The van der Waals surface area contributed by atoms with E-state index in [9.17, 15) is 4.79 Å². The Morgan fingerprint density at radius 1 is 1.05 bits per heavy atom. The maximum absolute atomic E-state index is 11.9. The zero-order valence-electron chi connectivity index (χ0n) is 13.1. The van der Waals surface area contributed by atoms with Crippen LogP contribution in [0.15, 0.2) is 0 Å². The second-order valence-corrected chi connectivity index (χ2v) is 7.77. The predicted molar refractivity (Wildman–Crippen MR) is 78.6 cm³/mol. The minimum atomic E-state index is -0.379. The molecule has 0 aromatic heterocycles. The number of piperidine rings is 1. The number of hydrogen-bond acceptors (Lipinski definition) is 3. The van der Waals surface area contributed by atoms with E-state index in [4.69, 9.17) is 4.74 Å². The average molecular weight is 280 g/mol. The first-order valence-corrected chi connectivity index (χ1v) is 8.14. The summed E-state index contributed by atoms with van der Waals surface area (Å²) in [6.45, 7) is 10.1. The highest BCUT2D eigenvalue weighted by atomic mass is 16.6. The first-order chi connectivity index (χ1) is 9.42. The Labute approximate surface area is 122 Å². The first-order valence-electron chi connectivity index (χ1n) is 8.14. The van der Waals surface area contributed by atoms with Crippen LogP contribution in [-0.4, -0.2) is 53.7 Å². The Hall–Kier alpha value is -0.770. The smallest absolute Gasteiger partial charge is 0.410 e. The molecule has 2 aliphatic heterocycles. The fraction of sp³-hybridized carbons (Fsp3) is 0.938. The summed E-state index contributed by atoms with van der Waals surface area (Å²) in [6.07, 6.45) is 5.35. The molecule has 2 saturated heterocycles. The van der Waals surface area contributed by atoms with Crippen molar-refractivity contribution in [2.45, 2.75) is 58.1 Å². The van der Waals surface area contributed by atoms with Gasteiger partial charge in [-0.25, -0.2) is 4.79 Å². The summed E-state index contributed by atoms with van der Waals surface area (Å²) in [6, 6.07) is 0.889. The van der Waals surface area contributed by atoms with Gasteiger partial charge in [0.2, 0.25) is 0 Å². The fourth-order valence-electron chi connectivity index (χ4n) is 3.48.